The Balaban J connectivity index is 1.85. The zero-order valence-corrected chi connectivity index (χ0v) is 31.1. The number of carbonyl (C=O) groups is 1. The van der Waals surface area contributed by atoms with Gasteiger partial charge in [0.05, 0.1) is 64.0 Å². The Morgan fingerprint density at radius 3 is 2.37 bits per heavy atom. The van der Waals surface area contributed by atoms with Crippen LogP contribution in [0.4, 0.5) is 26.7 Å². The lowest BCUT2D eigenvalue weighted by molar-refractivity contribution is -0.265. The van der Waals surface area contributed by atoms with Crippen molar-refractivity contribution in [2.75, 3.05) is 26.3 Å². The number of halogens is 5. The number of nitrogens with zero attached hydrogens (tertiary/aromatic N) is 4. The summed E-state index contributed by atoms with van der Waals surface area (Å²) in [5.41, 5.74) is -2.36. The van der Waals surface area contributed by atoms with Gasteiger partial charge in [-0.2, -0.15) is 18.4 Å². The summed E-state index contributed by atoms with van der Waals surface area (Å²) in [5.74, 6) is -3.02. The average Bonchev–Trinajstić information content (AvgIpc) is 3.67. The number of carbonyl (C=O) groups excluding carboxylic acids is 1. The minimum absolute atomic E-state index is 0.0842. The molecule has 4 rings (SSSR count). The van der Waals surface area contributed by atoms with Gasteiger partial charge in [0, 0.05) is 14.7 Å². The van der Waals surface area contributed by atoms with Crippen molar-refractivity contribution in [3.8, 4) is 6.07 Å². The minimum Gasteiger partial charge on any atom is -0.364 e. The molecule has 1 aliphatic heterocycles. The van der Waals surface area contributed by atoms with Crippen molar-refractivity contribution in [3.05, 3.63) is 29.6 Å². The van der Waals surface area contributed by atoms with Crippen molar-refractivity contribution in [2.45, 2.75) is 114 Å². The summed E-state index contributed by atoms with van der Waals surface area (Å²) >= 11 is 0. The lowest BCUT2D eigenvalue weighted by atomic mass is 9.89. The van der Waals surface area contributed by atoms with Crippen LogP contribution >= 0.6 is 0 Å². The molecule has 17 heteroatoms. The molecule has 2 fully saturated rings. The quantitative estimate of drug-likeness (QED) is 0.125. The number of nitriles is 1. The number of fused-ring (bicyclic) bond motifs is 1. The fourth-order valence-corrected chi connectivity index (χ4v) is 6.92. The second kappa shape index (κ2) is 13.8. The van der Waals surface area contributed by atoms with Crippen LogP contribution in [0, 0.1) is 16.7 Å². The third kappa shape index (κ3) is 9.18. The number of amides is 2. The van der Waals surface area contributed by atoms with Crippen LogP contribution in [0.3, 0.4) is 0 Å². The van der Waals surface area contributed by atoms with Gasteiger partial charge >= 0.3 is 12.2 Å². The Kier molecular flexibility index (Phi) is 11.0. The predicted molar refractivity (Wildman–Crippen MR) is 179 cm³/mol. The Bertz CT molecular complexity index is 1590. The summed E-state index contributed by atoms with van der Waals surface area (Å²) in [5, 5.41) is 12.4. The summed E-state index contributed by atoms with van der Waals surface area (Å²) in [4.78, 5) is 18.7. The molecule has 3 atom stereocenters. The maximum absolute atomic E-state index is 14.6. The number of aromatic nitrogens is 2. The molecule has 2 N–H and O–H groups in total. The van der Waals surface area contributed by atoms with Gasteiger partial charge in [0.15, 0.2) is 5.60 Å². The normalized spacial score (nSPS) is 20.1. The summed E-state index contributed by atoms with van der Waals surface area (Å²) in [7, 11) is -3.26. The number of imidazole rings is 1. The molecule has 1 aliphatic carbocycles. The number of hydrogen-bond donors (Lipinski definition) is 2. The molecular formula is C32H47F5N6O4SSi. The fourth-order valence-electron chi connectivity index (χ4n) is 5.38. The number of hydrogen-bond acceptors (Lipinski definition) is 6. The van der Waals surface area contributed by atoms with E-state index in [2.05, 4.69) is 35.7 Å². The first-order valence-corrected chi connectivity index (χ1v) is 21.1. The van der Waals surface area contributed by atoms with Gasteiger partial charge in [-0.25, -0.2) is 27.5 Å². The number of alkyl halides is 5. The van der Waals surface area contributed by atoms with Gasteiger partial charge in [-0.05, 0) is 71.2 Å². The van der Waals surface area contributed by atoms with Crippen LogP contribution < -0.4 is 10.0 Å². The number of ether oxygens (including phenoxy) is 2. The van der Waals surface area contributed by atoms with E-state index in [0.29, 0.717) is 36.0 Å². The third-order valence-corrected chi connectivity index (χ3v) is 12.1. The molecule has 10 nitrogen and oxygen atoms in total. The standard InChI is InChI=1S/C32H47F5N6O4SSi/c1-28(2,3)48(45)41-23(16-47-29(4,5)32(35,36)37)26-40-22-10-9-21(15-24(22)43(26)20-46-13-14-49(6,7)8)25(30(17-38)11-12-30)42-19-31(33,34)18-39-27(42)44/h9-10,15,23,25,41H,11-14,16,18-20H2,1-8H3,(H,39,44)/t23-,25-,48+/m0/s1. The van der Waals surface area contributed by atoms with Gasteiger partial charge in [-0.15, -0.1) is 0 Å². The van der Waals surface area contributed by atoms with Gasteiger partial charge in [0.1, 0.15) is 18.6 Å². The first kappa shape index (κ1) is 39.1. The summed E-state index contributed by atoms with van der Waals surface area (Å²) < 4.78 is 99.3. The first-order chi connectivity index (χ1) is 22.4. The zero-order chi connectivity index (χ0) is 36.8. The molecule has 0 unspecified atom stereocenters. The maximum Gasteiger partial charge on any atom is 0.416 e. The molecule has 274 valence electrons. The van der Waals surface area contributed by atoms with Crippen LogP contribution in [0.25, 0.3) is 11.0 Å². The van der Waals surface area contributed by atoms with Crippen LogP contribution in [-0.4, -0.2) is 81.5 Å². The van der Waals surface area contributed by atoms with E-state index in [9.17, 15) is 36.2 Å². The molecule has 0 bridgehead atoms. The maximum atomic E-state index is 14.6. The van der Waals surface area contributed by atoms with Crippen molar-refractivity contribution >= 4 is 36.1 Å². The monoisotopic (exact) mass is 734 g/mol. The van der Waals surface area contributed by atoms with E-state index >= 15 is 0 Å². The molecule has 2 amide bonds. The number of nitrogens with one attached hydrogen (secondary N) is 2. The second-order valence-electron chi connectivity index (χ2n) is 15.7. The second-order valence-corrected chi connectivity index (χ2v) is 23.3. The van der Waals surface area contributed by atoms with Crippen LogP contribution in [-0.2, 0) is 27.2 Å². The molecule has 0 spiro atoms. The zero-order valence-electron chi connectivity index (χ0n) is 29.3. The van der Waals surface area contributed by atoms with Crippen LogP contribution in [0.5, 0.6) is 0 Å². The average molecular weight is 735 g/mol. The molecule has 0 radical (unpaired) electrons. The summed E-state index contributed by atoms with van der Waals surface area (Å²) in [6.07, 6.45) is -3.88. The Morgan fingerprint density at radius 2 is 1.82 bits per heavy atom. The number of benzene rings is 1. The van der Waals surface area contributed by atoms with E-state index in [1.54, 1.807) is 43.5 Å². The highest BCUT2D eigenvalue weighted by Crippen LogP contribution is 2.57. The number of urea groups is 1. The lowest BCUT2D eigenvalue weighted by Gasteiger charge is -2.40. The Morgan fingerprint density at radius 1 is 1.16 bits per heavy atom. The molecular weight excluding hydrogens is 688 g/mol. The van der Waals surface area contributed by atoms with Crippen LogP contribution in [0.1, 0.15) is 70.9 Å². The highest BCUT2D eigenvalue weighted by molar-refractivity contribution is 7.84. The fraction of sp³-hybridized carbons (Fsp3) is 0.719. The van der Waals surface area contributed by atoms with E-state index in [4.69, 9.17) is 14.5 Å². The van der Waals surface area contributed by atoms with E-state index < -0.39 is 84.7 Å². The molecule has 2 aromatic rings. The van der Waals surface area contributed by atoms with Crippen molar-refractivity contribution in [1.82, 2.24) is 24.5 Å². The van der Waals surface area contributed by atoms with Crippen molar-refractivity contribution in [1.29, 1.82) is 5.26 Å². The first-order valence-electron chi connectivity index (χ1n) is 16.2. The van der Waals surface area contributed by atoms with Gasteiger partial charge < -0.3 is 24.3 Å². The lowest BCUT2D eigenvalue weighted by Crippen LogP contribution is -2.58. The van der Waals surface area contributed by atoms with Crippen molar-refractivity contribution < 1.29 is 40.4 Å². The van der Waals surface area contributed by atoms with Gasteiger partial charge in [-0.3, -0.25) is 0 Å². The van der Waals surface area contributed by atoms with E-state index in [0.717, 1.165) is 24.8 Å². The minimum atomic E-state index is -4.69. The van der Waals surface area contributed by atoms with E-state index in [1.165, 1.54) is 0 Å². The third-order valence-electron chi connectivity index (χ3n) is 8.75. The number of rotatable bonds is 14. The smallest absolute Gasteiger partial charge is 0.364 e. The highest BCUT2D eigenvalue weighted by atomic mass is 32.2. The molecule has 2 aliphatic rings. The van der Waals surface area contributed by atoms with E-state index in [1.807, 2.05) is 0 Å². The van der Waals surface area contributed by atoms with Crippen molar-refractivity contribution in [2.24, 2.45) is 5.41 Å². The summed E-state index contributed by atoms with van der Waals surface area (Å²) in [6, 6.07) is 5.16. The van der Waals surface area contributed by atoms with Gasteiger partial charge in [0.25, 0.3) is 5.92 Å². The highest BCUT2D eigenvalue weighted by Gasteiger charge is 2.57. The largest absolute Gasteiger partial charge is 0.416 e. The predicted octanol–water partition coefficient (Wildman–Crippen LogP) is 6.80. The molecule has 2 heterocycles. The molecule has 1 aromatic carbocycles. The van der Waals surface area contributed by atoms with Crippen LogP contribution in [0.15, 0.2) is 18.2 Å². The molecule has 1 saturated heterocycles. The van der Waals surface area contributed by atoms with Gasteiger partial charge in [0.2, 0.25) is 0 Å². The van der Waals surface area contributed by atoms with Crippen molar-refractivity contribution in [3.63, 3.8) is 0 Å². The Labute approximate surface area is 287 Å². The van der Waals surface area contributed by atoms with Gasteiger partial charge in [-0.1, -0.05) is 25.7 Å². The summed E-state index contributed by atoms with van der Waals surface area (Å²) in [6.45, 7) is 11.6. The molecule has 1 aromatic heterocycles. The topological polar surface area (TPSA) is 122 Å². The Hall–Kier alpha value is -2.65. The van der Waals surface area contributed by atoms with Crippen LogP contribution in [0.2, 0.25) is 25.7 Å². The SMILES string of the molecule is CC(C)(C)[S@@](=O)N[C@@H](COC(C)(C)C(F)(F)F)c1nc2ccc([C@H](N3CC(F)(F)CNC3=O)C3(C#N)CC3)cc2n1COCC[Si](C)(C)C. The van der Waals surface area contributed by atoms with E-state index in [-0.39, 0.29) is 12.6 Å². The molecule has 1 saturated carbocycles. The molecule has 49 heavy (non-hydrogen) atoms.